The van der Waals surface area contributed by atoms with Crippen LogP contribution in [0, 0.1) is 13.8 Å². The number of hydrogen-bond acceptors (Lipinski definition) is 3. The second-order valence-corrected chi connectivity index (χ2v) is 23.1. The van der Waals surface area contributed by atoms with E-state index in [1.54, 1.807) is 6.20 Å². The zero-order valence-electron chi connectivity index (χ0n) is 48.4. The molecule has 0 saturated heterocycles. The van der Waals surface area contributed by atoms with Crippen molar-refractivity contribution in [1.82, 2.24) is 14.5 Å². The Bertz CT molecular complexity index is 3680. The van der Waals surface area contributed by atoms with Crippen molar-refractivity contribution in [1.29, 1.82) is 0 Å². The fourth-order valence-corrected chi connectivity index (χ4v) is 9.63. The minimum Gasteiger partial charge on any atom is -0.507 e. The Balaban J connectivity index is 1.36. The third-order valence-corrected chi connectivity index (χ3v) is 13.8. The van der Waals surface area contributed by atoms with Crippen LogP contribution < -0.4 is 0 Å². The highest BCUT2D eigenvalue weighted by Crippen LogP contribution is 2.47. The molecule has 0 radical (unpaired) electrons. The van der Waals surface area contributed by atoms with E-state index in [1.165, 1.54) is 5.56 Å². The van der Waals surface area contributed by atoms with E-state index in [1.807, 2.05) is 19.9 Å². The van der Waals surface area contributed by atoms with E-state index >= 15 is 0 Å². The number of hydrogen-bond donors (Lipinski definition) is 1. The minimum atomic E-state index is -0.428. The van der Waals surface area contributed by atoms with E-state index in [9.17, 15) is 5.11 Å². The molecule has 2 aromatic heterocycles. The van der Waals surface area contributed by atoms with E-state index in [4.69, 9.17) is 16.8 Å². The van der Waals surface area contributed by atoms with Crippen molar-refractivity contribution >= 4 is 11.0 Å². The Hall–Kier alpha value is -7.04. The van der Waals surface area contributed by atoms with E-state index in [-0.39, 0.29) is 51.7 Å². The summed E-state index contributed by atoms with van der Waals surface area (Å²) in [5.74, 6) is 0.802. The number of fused-ring (bicyclic) bond motifs is 1. The van der Waals surface area contributed by atoms with Crippen molar-refractivity contribution in [2.45, 2.75) is 119 Å². The normalized spacial score (nSPS) is 13.5. The Labute approximate surface area is 424 Å². The molecule has 0 unspecified atom stereocenters. The van der Waals surface area contributed by atoms with Crippen molar-refractivity contribution in [2.75, 3.05) is 0 Å². The summed E-state index contributed by atoms with van der Waals surface area (Å²) in [6.07, 6.45) is 1.73. The van der Waals surface area contributed by atoms with Gasteiger partial charge in [-0.15, -0.1) is 0 Å². The average Bonchev–Trinajstić information content (AvgIpc) is 3.76. The van der Waals surface area contributed by atoms with Crippen LogP contribution in [-0.4, -0.2) is 19.6 Å². The summed E-state index contributed by atoms with van der Waals surface area (Å²) in [5, 5.41) is 12.7. The van der Waals surface area contributed by atoms with Gasteiger partial charge in [0, 0.05) is 28.5 Å². The van der Waals surface area contributed by atoms with Crippen LogP contribution in [0.1, 0.15) is 123 Å². The van der Waals surface area contributed by atoms with Gasteiger partial charge in [-0.05, 0) is 133 Å². The number of pyridine rings is 1. The zero-order chi connectivity index (χ0) is 54.4. The number of aryl methyl sites for hydroxylation is 1. The number of aromatic nitrogens is 3. The smallest absolute Gasteiger partial charge is 0.149 e. The average molecular weight is 925 g/mol. The molecule has 0 aliphatic carbocycles. The monoisotopic (exact) mass is 925 g/mol. The standard InChI is InChI=1S/C66H69N3O/c1-41-40-67-59(42(2)58(41)45-24-19-16-20-25-45)48-34-47(35-50(36-48)64(6,7)8)52-26-21-27-57-60(52)68-62(54-38-51(65(9,10)11)39-55(61(54)70)66(12,13)14)69(57)56-33-30-46(37-53(56)44-22-17-15-18-23-44)43-28-31-49(32-29-43)63(3,4)5/h15-40,70H,1-14H3/i16D,19D,20D,24D,25D. The molecule has 0 saturated carbocycles. The van der Waals surface area contributed by atoms with Crippen molar-refractivity contribution in [3.05, 3.63) is 191 Å². The molecule has 4 nitrogen and oxygen atoms in total. The maximum Gasteiger partial charge on any atom is 0.149 e. The summed E-state index contributed by atoms with van der Waals surface area (Å²) in [5.41, 5.74) is 16.1. The molecule has 4 heteroatoms. The number of imidazole rings is 1. The number of phenols is 1. The molecular weight excluding hydrogens is 851 g/mol. The maximum absolute atomic E-state index is 12.7. The van der Waals surface area contributed by atoms with Crippen LogP contribution in [0.2, 0.25) is 0 Å². The van der Waals surface area contributed by atoms with Gasteiger partial charge in [-0.1, -0.05) is 198 Å². The first-order valence-electron chi connectivity index (χ1n) is 27.0. The minimum absolute atomic E-state index is 0.0190. The number of para-hydroxylation sites is 1. The fraction of sp³-hybridized carbons (Fsp3) is 0.273. The molecule has 0 fully saturated rings. The van der Waals surface area contributed by atoms with Crippen LogP contribution >= 0.6 is 0 Å². The first-order valence-corrected chi connectivity index (χ1v) is 24.5. The summed E-state index contributed by atoms with van der Waals surface area (Å²) in [6, 6.07) is 41.4. The molecule has 0 spiro atoms. The largest absolute Gasteiger partial charge is 0.507 e. The predicted molar refractivity (Wildman–Crippen MR) is 297 cm³/mol. The predicted octanol–water partition coefficient (Wildman–Crippen LogP) is 17.9. The van der Waals surface area contributed by atoms with Gasteiger partial charge < -0.3 is 5.11 Å². The summed E-state index contributed by atoms with van der Waals surface area (Å²) >= 11 is 0. The van der Waals surface area contributed by atoms with E-state index in [2.05, 4.69) is 203 Å². The van der Waals surface area contributed by atoms with Crippen LogP contribution in [0.25, 0.3) is 83.9 Å². The Morgan fingerprint density at radius 1 is 0.500 bits per heavy atom. The summed E-state index contributed by atoms with van der Waals surface area (Å²) in [6.45, 7) is 30.1. The maximum atomic E-state index is 12.7. The topological polar surface area (TPSA) is 50.9 Å². The second kappa shape index (κ2) is 17.7. The molecule has 0 aliphatic rings. The number of benzene rings is 7. The molecule has 1 N–H and O–H groups in total. The lowest BCUT2D eigenvalue weighted by atomic mass is 9.79. The summed E-state index contributed by atoms with van der Waals surface area (Å²) in [7, 11) is 0. The third kappa shape index (κ3) is 9.13. The number of aromatic hydroxyl groups is 1. The van der Waals surface area contributed by atoms with Gasteiger partial charge >= 0.3 is 0 Å². The van der Waals surface area contributed by atoms with Gasteiger partial charge in [-0.2, -0.15) is 0 Å². The van der Waals surface area contributed by atoms with Crippen molar-refractivity contribution in [3.8, 4) is 78.6 Å². The van der Waals surface area contributed by atoms with Crippen LogP contribution in [0.5, 0.6) is 5.75 Å². The SMILES string of the molecule is [2H]c1c([2H])c([2H])c(-c2c(C)cnc(-c3cc(-c4cccc5c4nc(-c4cc(C(C)(C)C)cc(C(C)(C)C)c4O)n5-c4ccc(-c5ccc(C(C)(C)C)cc5)cc4-c4ccccc4)cc(C(C)(C)C)c3)c2C)c([2H])c1[2H]. The van der Waals surface area contributed by atoms with E-state index in [0.29, 0.717) is 33.8 Å². The second-order valence-electron chi connectivity index (χ2n) is 23.1. The molecule has 70 heavy (non-hydrogen) atoms. The lowest BCUT2D eigenvalue weighted by Crippen LogP contribution is -2.17. The van der Waals surface area contributed by atoms with Gasteiger partial charge in [-0.25, -0.2) is 4.98 Å². The molecule has 0 aliphatic heterocycles. The molecule has 0 atom stereocenters. The number of rotatable bonds is 7. The molecule has 354 valence electrons. The van der Waals surface area contributed by atoms with Crippen LogP contribution in [-0.2, 0) is 21.7 Å². The molecule has 2 heterocycles. The van der Waals surface area contributed by atoms with Crippen LogP contribution in [0.15, 0.2) is 158 Å². The molecule has 0 bridgehead atoms. The van der Waals surface area contributed by atoms with Crippen molar-refractivity contribution in [3.63, 3.8) is 0 Å². The van der Waals surface area contributed by atoms with Crippen LogP contribution in [0.3, 0.4) is 0 Å². The molecule has 9 rings (SSSR count). The summed E-state index contributed by atoms with van der Waals surface area (Å²) in [4.78, 5) is 10.7. The van der Waals surface area contributed by atoms with Gasteiger partial charge in [0.2, 0.25) is 0 Å². The molecule has 7 aromatic carbocycles. The van der Waals surface area contributed by atoms with E-state index < -0.39 is 11.5 Å². The highest BCUT2D eigenvalue weighted by atomic mass is 16.3. The van der Waals surface area contributed by atoms with Crippen molar-refractivity contribution < 1.29 is 12.0 Å². The lowest BCUT2D eigenvalue weighted by Gasteiger charge is -2.27. The molecule has 9 aromatic rings. The van der Waals surface area contributed by atoms with Gasteiger partial charge in [0.1, 0.15) is 11.6 Å². The Kier molecular flexibility index (Phi) is 10.6. The zero-order valence-corrected chi connectivity index (χ0v) is 43.4. The highest BCUT2D eigenvalue weighted by Gasteiger charge is 2.30. The lowest BCUT2D eigenvalue weighted by molar-refractivity contribution is 0.446. The quantitative estimate of drug-likeness (QED) is 0.173. The van der Waals surface area contributed by atoms with Crippen LogP contribution in [0.4, 0.5) is 0 Å². The van der Waals surface area contributed by atoms with Gasteiger partial charge in [0.25, 0.3) is 0 Å². The molecule has 0 amide bonds. The number of nitrogens with zero attached hydrogens (tertiary/aromatic N) is 3. The highest BCUT2D eigenvalue weighted by molar-refractivity contribution is 5.98. The van der Waals surface area contributed by atoms with Gasteiger partial charge in [0.05, 0.1) is 34.8 Å². The summed E-state index contributed by atoms with van der Waals surface area (Å²) < 4.78 is 45.5. The van der Waals surface area contributed by atoms with Crippen molar-refractivity contribution in [2.24, 2.45) is 0 Å². The van der Waals surface area contributed by atoms with E-state index in [0.717, 1.165) is 72.4 Å². The van der Waals surface area contributed by atoms with Gasteiger partial charge in [-0.3, -0.25) is 9.55 Å². The Morgan fingerprint density at radius 3 is 1.77 bits per heavy atom. The van der Waals surface area contributed by atoms with Gasteiger partial charge in [0.15, 0.2) is 0 Å². The first kappa shape index (κ1) is 41.9. The molecular formula is C66H69N3O. The number of phenolic OH excluding ortho intramolecular Hbond substituents is 1. The Morgan fingerprint density at radius 2 is 1.13 bits per heavy atom. The fourth-order valence-electron chi connectivity index (χ4n) is 9.63. The third-order valence-electron chi connectivity index (χ3n) is 13.8. The first-order chi connectivity index (χ1) is 35.1.